The third kappa shape index (κ3) is 2.72. The van der Waals surface area contributed by atoms with Crippen molar-refractivity contribution in [2.75, 3.05) is 18.7 Å². The summed E-state index contributed by atoms with van der Waals surface area (Å²) in [5.41, 5.74) is 4.70. The summed E-state index contributed by atoms with van der Waals surface area (Å²) >= 11 is 1.80. The van der Waals surface area contributed by atoms with Crippen LogP contribution in [0.25, 0.3) is 27.3 Å². The second-order valence-electron chi connectivity index (χ2n) is 8.16. The molecular formula is C24H19N5O2S. The Hall–Kier alpha value is -3.52. The molecule has 1 aromatic carbocycles. The second-order valence-corrected chi connectivity index (χ2v) is 9.19. The number of allylic oxidation sites excluding steroid dienone is 2. The van der Waals surface area contributed by atoms with Crippen LogP contribution in [0.3, 0.4) is 0 Å². The molecule has 8 heteroatoms. The summed E-state index contributed by atoms with van der Waals surface area (Å²) in [5.74, 6) is 3.70. The molecule has 0 radical (unpaired) electrons. The molecular weight excluding hydrogens is 422 g/mol. The highest BCUT2D eigenvalue weighted by molar-refractivity contribution is 7.19. The van der Waals surface area contributed by atoms with Crippen LogP contribution in [0.2, 0.25) is 0 Å². The van der Waals surface area contributed by atoms with Crippen molar-refractivity contribution in [1.82, 2.24) is 19.9 Å². The van der Waals surface area contributed by atoms with E-state index in [2.05, 4.69) is 33.5 Å². The van der Waals surface area contributed by atoms with Crippen LogP contribution in [0.1, 0.15) is 34.8 Å². The van der Waals surface area contributed by atoms with Crippen molar-refractivity contribution in [2.45, 2.75) is 25.2 Å². The Kier molecular flexibility index (Phi) is 3.96. The van der Waals surface area contributed by atoms with Gasteiger partial charge in [0.1, 0.15) is 16.3 Å². The molecule has 7 rings (SSSR count). The van der Waals surface area contributed by atoms with Crippen molar-refractivity contribution in [2.24, 2.45) is 0 Å². The molecule has 1 N–H and O–H groups in total. The highest BCUT2D eigenvalue weighted by Crippen LogP contribution is 2.59. The van der Waals surface area contributed by atoms with Gasteiger partial charge in [-0.2, -0.15) is 0 Å². The first-order chi connectivity index (χ1) is 15.8. The molecule has 158 valence electrons. The van der Waals surface area contributed by atoms with Gasteiger partial charge in [0.05, 0.1) is 11.6 Å². The molecule has 0 bridgehead atoms. The number of hydrogen-bond donors (Lipinski definition) is 1. The molecule has 3 aliphatic rings. The fourth-order valence-corrected chi connectivity index (χ4v) is 6.15. The van der Waals surface area contributed by atoms with Gasteiger partial charge in [-0.3, -0.25) is 4.98 Å². The molecule has 32 heavy (non-hydrogen) atoms. The van der Waals surface area contributed by atoms with Gasteiger partial charge in [0, 0.05) is 35.3 Å². The Morgan fingerprint density at radius 2 is 2.09 bits per heavy atom. The van der Waals surface area contributed by atoms with E-state index in [0.29, 0.717) is 24.2 Å². The number of ether oxygens (including phenoxy) is 2. The van der Waals surface area contributed by atoms with E-state index in [0.717, 1.165) is 46.9 Å². The minimum Gasteiger partial charge on any atom is -0.454 e. The normalized spacial score (nSPS) is 17.6. The molecule has 7 nitrogen and oxygen atoms in total. The number of hydrogen-bond acceptors (Lipinski definition) is 8. The summed E-state index contributed by atoms with van der Waals surface area (Å²) in [6, 6.07) is 6.11. The number of rotatable bonds is 5. The zero-order valence-electron chi connectivity index (χ0n) is 17.2. The number of anilines is 1. The third-order valence-electron chi connectivity index (χ3n) is 6.31. The predicted octanol–water partition coefficient (Wildman–Crippen LogP) is 4.81. The van der Waals surface area contributed by atoms with Crippen molar-refractivity contribution in [3.8, 4) is 23.0 Å². The van der Waals surface area contributed by atoms with Gasteiger partial charge in [-0.1, -0.05) is 12.1 Å². The summed E-state index contributed by atoms with van der Waals surface area (Å²) in [5, 5.41) is 4.74. The predicted molar refractivity (Wildman–Crippen MR) is 123 cm³/mol. The Morgan fingerprint density at radius 1 is 1.12 bits per heavy atom. The molecule has 3 aromatic heterocycles. The van der Waals surface area contributed by atoms with E-state index in [4.69, 9.17) is 19.4 Å². The number of fused-ring (bicyclic) bond motifs is 7. The van der Waals surface area contributed by atoms with Crippen molar-refractivity contribution < 1.29 is 9.47 Å². The van der Waals surface area contributed by atoms with Crippen LogP contribution >= 0.6 is 11.3 Å². The first-order valence-corrected chi connectivity index (χ1v) is 11.6. The van der Waals surface area contributed by atoms with Crippen LogP contribution in [0.4, 0.5) is 5.82 Å². The van der Waals surface area contributed by atoms with E-state index in [1.807, 2.05) is 6.07 Å². The first-order valence-electron chi connectivity index (χ1n) is 10.8. The molecule has 1 aliphatic heterocycles. The average Bonchev–Trinajstić information content (AvgIpc) is 3.53. The summed E-state index contributed by atoms with van der Waals surface area (Å²) in [6.07, 6.45) is 10.7. The molecule has 0 saturated heterocycles. The van der Waals surface area contributed by atoms with Crippen molar-refractivity contribution in [1.29, 1.82) is 0 Å². The van der Waals surface area contributed by atoms with E-state index in [1.165, 1.54) is 28.0 Å². The van der Waals surface area contributed by atoms with Gasteiger partial charge in [0.2, 0.25) is 6.79 Å². The standard InChI is InChI=1S/C24H19N5O2S/c1-2-14-15(3-1)21-19(14)20-23(27-7-6-13-4-5-17-18(10-13)31-12-30-17)28-22(29-24(20)32-21)16-11-25-8-9-26-16/h2,4-5,8-11,15H,1,3,6-7,12H2,(H,27,28,29). The van der Waals surface area contributed by atoms with Gasteiger partial charge in [0.15, 0.2) is 17.3 Å². The maximum Gasteiger partial charge on any atom is 0.231 e. The topological polar surface area (TPSA) is 82.1 Å². The number of nitrogens with one attached hydrogen (secondary N) is 1. The highest BCUT2D eigenvalue weighted by atomic mass is 32.1. The molecule has 4 aromatic rings. The largest absolute Gasteiger partial charge is 0.454 e. The van der Waals surface area contributed by atoms with E-state index in [9.17, 15) is 0 Å². The molecule has 0 saturated carbocycles. The maximum absolute atomic E-state index is 5.51. The van der Waals surface area contributed by atoms with Crippen LogP contribution in [0.5, 0.6) is 11.5 Å². The van der Waals surface area contributed by atoms with Gasteiger partial charge in [0.25, 0.3) is 0 Å². The number of nitrogens with zero attached hydrogens (tertiary/aromatic N) is 4. The minimum atomic E-state index is 0.293. The maximum atomic E-state index is 5.51. The van der Waals surface area contributed by atoms with E-state index >= 15 is 0 Å². The van der Waals surface area contributed by atoms with Crippen LogP contribution in [0, 0.1) is 0 Å². The zero-order valence-corrected chi connectivity index (χ0v) is 18.0. The molecule has 1 unspecified atom stereocenters. The van der Waals surface area contributed by atoms with E-state index in [1.54, 1.807) is 29.9 Å². The Bertz CT molecular complexity index is 1400. The van der Waals surface area contributed by atoms with Crippen LogP contribution in [-0.4, -0.2) is 33.3 Å². The molecule has 4 heterocycles. The SMILES string of the molecule is C1=C2c3c(sc4nc(-c5cnccn5)nc(NCCc5ccc6c(c5)OCO6)c34)C2CC1. The number of benzene rings is 1. The molecule has 0 spiro atoms. The minimum absolute atomic E-state index is 0.293. The molecule has 0 fully saturated rings. The van der Waals surface area contributed by atoms with Gasteiger partial charge in [-0.15, -0.1) is 11.3 Å². The van der Waals surface area contributed by atoms with Crippen LogP contribution < -0.4 is 14.8 Å². The van der Waals surface area contributed by atoms with Gasteiger partial charge >= 0.3 is 0 Å². The number of thiophene rings is 1. The molecule has 2 aliphatic carbocycles. The lowest BCUT2D eigenvalue weighted by Gasteiger charge is -2.26. The highest BCUT2D eigenvalue weighted by Gasteiger charge is 2.39. The smallest absolute Gasteiger partial charge is 0.231 e. The fraction of sp³-hybridized carbons (Fsp3) is 0.250. The lowest BCUT2D eigenvalue weighted by Crippen LogP contribution is -2.11. The molecule has 1 atom stereocenters. The Labute approximate surface area is 188 Å². The van der Waals surface area contributed by atoms with Gasteiger partial charge in [-0.25, -0.2) is 15.0 Å². The summed E-state index contributed by atoms with van der Waals surface area (Å²) in [6.45, 7) is 1.04. The summed E-state index contributed by atoms with van der Waals surface area (Å²) < 4.78 is 10.9. The number of aromatic nitrogens is 4. The van der Waals surface area contributed by atoms with E-state index < -0.39 is 0 Å². The van der Waals surface area contributed by atoms with Crippen molar-refractivity contribution in [3.63, 3.8) is 0 Å². The Morgan fingerprint density at radius 3 is 3.03 bits per heavy atom. The average molecular weight is 442 g/mol. The fourth-order valence-electron chi connectivity index (χ4n) is 4.80. The van der Waals surface area contributed by atoms with Crippen LogP contribution in [0.15, 0.2) is 42.9 Å². The van der Waals surface area contributed by atoms with Crippen molar-refractivity contribution in [3.05, 3.63) is 58.9 Å². The quantitative estimate of drug-likeness (QED) is 0.476. The van der Waals surface area contributed by atoms with E-state index in [-0.39, 0.29) is 0 Å². The van der Waals surface area contributed by atoms with Crippen molar-refractivity contribution >= 4 is 32.9 Å². The summed E-state index contributed by atoms with van der Waals surface area (Å²) in [4.78, 5) is 20.8. The third-order valence-corrected chi connectivity index (χ3v) is 7.51. The van der Waals surface area contributed by atoms with Crippen LogP contribution in [-0.2, 0) is 6.42 Å². The molecule has 0 amide bonds. The van der Waals surface area contributed by atoms with Gasteiger partial charge in [-0.05, 0) is 42.5 Å². The summed E-state index contributed by atoms with van der Waals surface area (Å²) in [7, 11) is 0. The lowest BCUT2D eigenvalue weighted by atomic mass is 9.80. The Balaban J connectivity index is 1.24. The zero-order chi connectivity index (χ0) is 21.1. The monoisotopic (exact) mass is 441 g/mol. The second kappa shape index (κ2) is 7.00. The first kappa shape index (κ1) is 18.1. The lowest BCUT2D eigenvalue weighted by molar-refractivity contribution is 0.174. The van der Waals surface area contributed by atoms with Gasteiger partial charge < -0.3 is 14.8 Å².